The highest BCUT2D eigenvalue weighted by Crippen LogP contribution is 2.29. The molecule has 0 aromatic heterocycles. The Morgan fingerprint density at radius 2 is 1.95 bits per heavy atom. The van der Waals surface area contributed by atoms with Crippen molar-refractivity contribution in [1.29, 1.82) is 0 Å². The molecule has 2 rings (SSSR count). The smallest absolute Gasteiger partial charge is 0.255 e. The minimum atomic E-state index is -3.24. The van der Waals surface area contributed by atoms with E-state index in [9.17, 15) is 17.6 Å². The molecule has 0 bridgehead atoms. The molecule has 0 saturated heterocycles. The molecule has 1 aliphatic carbocycles. The van der Waals surface area contributed by atoms with Gasteiger partial charge in [-0.05, 0) is 31.0 Å². The standard InChI is InChI=1S/C15H19ClFNO3S/c1-18(13-5-3-4-6-14(13)22(2,20)21)15(19)11-8-7-10(17)9-12(11)16/h7-9,13-14H,3-6H2,1-2H3. The zero-order chi connectivity index (χ0) is 16.5. The summed E-state index contributed by atoms with van der Waals surface area (Å²) in [4.78, 5) is 14.0. The quantitative estimate of drug-likeness (QED) is 0.844. The number of benzene rings is 1. The van der Waals surface area contributed by atoms with E-state index in [2.05, 4.69) is 0 Å². The highest BCUT2D eigenvalue weighted by Gasteiger charge is 2.37. The Labute approximate surface area is 135 Å². The van der Waals surface area contributed by atoms with Crippen LogP contribution in [-0.4, -0.2) is 43.8 Å². The van der Waals surface area contributed by atoms with Crippen LogP contribution in [0.2, 0.25) is 5.02 Å². The average Bonchev–Trinajstić information content (AvgIpc) is 2.45. The molecule has 22 heavy (non-hydrogen) atoms. The lowest BCUT2D eigenvalue weighted by atomic mass is 9.93. The lowest BCUT2D eigenvalue weighted by Crippen LogP contribution is -2.49. The van der Waals surface area contributed by atoms with E-state index in [0.717, 1.165) is 18.9 Å². The van der Waals surface area contributed by atoms with Gasteiger partial charge < -0.3 is 4.90 Å². The van der Waals surface area contributed by atoms with Crippen LogP contribution in [0.15, 0.2) is 18.2 Å². The third-order valence-corrected chi connectivity index (χ3v) is 6.16. The molecule has 0 aliphatic heterocycles. The maximum Gasteiger partial charge on any atom is 0.255 e. The second kappa shape index (κ2) is 6.54. The lowest BCUT2D eigenvalue weighted by Gasteiger charge is -2.37. The Bertz CT molecular complexity index is 677. The van der Waals surface area contributed by atoms with Gasteiger partial charge in [0.2, 0.25) is 0 Å². The van der Waals surface area contributed by atoms with Crippen molar-refractivity contribution in [3.63, 3.8) is 0 Å². The van der Waals surface area contributed by atoms with Crippen LogP contribution in [0.25, 0.3) is 0 Å². The number of halogens is 2. The fourth-order valence-corrected chi connectivity index (χ4v) is 4.76. The highest BCUT2D eigenvalue weighted by atomic mass is 35.5. The first-order valence-corrected chi connectivity index (χ1v) is 9.46. The molecule has 7 heteroatoms. The minimum Gasteiger partial charge on any atom is -0.337 e. The highest BCUT2D eigenvalue weighted by molar-refractivity contribution is 7.91. The van der Waals surface area contributed by atoms with Gasteiger partial charge in [0.15, 0.2) is 9.84 Å². The molecule has 0 heterocycles. The van der Waals surface area contributed by atoms with E-state index in [1.165, 1.54) is 23.3 Å². The van der Waals surface area contributed by atoms with Gasteiger partial charge >= 0.3 is 0 Å². The van der Waals surface area contributed by atoms with Crippen LogP contribution < -0.4 is 0 Å². The molecule has 2 atom stereocenters. The molecule has 2 unspecified atom stereocenters. The van der Waals surface area contributed by atoms with Gasteiger partial charge in [-0.1, -0.05) is 24.4 Å². The Morgan fingerprint density at radius 1 is 1.32 bits per heavy atom. The second-order valence-electron chi connectivity index (χ2n) is 5.76. The van der Waals surface area contributed by atoms with Gasteiger partial charge in [-0.2, -0.15) is 0 Å². The SMILES string of the molecule is CN(C(=O)c1ccc(F)cc1Cl)C1CCCCC1S(C)(=O)=O. The van der Waals surface area contributed by atoms with Crippen LogP contribution in [0, 0.1) is 5.82 Å². The summed E-state index contributed by atoms with van der Waals surface area (Å²) >= 11 is 5.93. The number of carbonyl (C=O) groups excluding carboxylic acids is 1. The maximum atomic E-state index is 13.1. The van der Waals surface area contributed by atoms with Crippen LogP contribution in [0.3, 0.4) is 0 Å². The van der Waals surface area contributed by atoms with E-state index < -0.39 is 20.9 Å². The van der Waals surface area contributed by atoms with E-state index in [1.807, 2.05) is 0 Å². The van der Waals surface area contributed by atoms with Crippen molar-refractivity contribution in [3.05, 3.63) is 34.6 Å². The first-order chi connectivity index (χ1) is 10.2. The van der Waals surface area contributed by atoms with Crippen molar-refractivity contribution < 1.29 is 17.6 Å². The van der Waals surface area contributed by atoms with Crippen molar-refractivity contribution in [3.8, 4) is 0 Å². The topological polar surface area (TPSA) is 54.5 Å². The number of amides is 1. The van der Waals surface area contributed by atoms with Crippen LogP contribution in [-0.2, 0) is 9.84 Å². The minimum absolute atomic E-state index is 0.0311. The third-order valence-electron chi connectivity index (χ3n) is 4.20. The summed E-state index contributed by atoms with van der Waals surface area (Å²) < 4.78 is 37.0. The van der Waals surface area contributed by atoms with Crippen LogP contribution in [0.4, 0.5) is 4.39 Å². The number of carbonyl (C=O) groups is 1. The van der Waals surface area contributed by atoms with Gasteiger partial charge in [0.05, 0.1) is 15.8 Å². The lowest BCUT2D eigenvalue weighted by molar-refractivity contribution is 0.0700. The van der Waals surface area contributed by atoms with Crippen LogP contribution in [0.1, 0.15) is 36.0 Å². The third kappa shape index (κ3) is 3.60. The Hall–Kier alpha value is -1.14. The Balaban J connectivity index is 2.28. The zero-order valence-electron chi connectivity index (χ0n) is 12.6. The molecule has 1 amide bonds. The molecule has 1 aromatic rings. The molecule has 122 valence electrons. The molecule has 0 N–H and O–H groups in total. The summed E-state index contributed by atoms with van der Waals surface area (Å²) in [6.07, 6.45) is 4.12. The molecule has 1 saturated carbocycles. The number of sulfone groups is 1. The molecule has 0 radical (unpaired) electrons. The normalized spacial score (nSPS) is 22.4. The largest absolute Gasteiger partial charge is 0.337 e. The maximum absolute atomic E-state index is 13.1. The van der Waals surface area contributed by atoms with Gasteiger partial charge in [-0.3, -0.25) is 4.79 Å². The summed E-state index contributed by atoms with van der Waals surface area (Å²) in [5.41, 5.74) is 0.184. The summed E-state index contributed by atoms with van der Waals surface area (Å²) in [6.45, 7) is 0. The van der Waals surface area contributed by atoms with Crippen molar-refractivity contribution >= 4 is 27.3 Å². The zero-order valence-corrected chi connectivity index (χ0v) is 14.1. The average molecular weight is 348 g/mol. The van der Waals surface area contributed by atoms with E-state index in [-0.39, 0.29) is 22.5 Å². The van der Waals surface area contributed by atoms with Gasteiger partial charge in [0.25, 0.3) is 5.91 Å². The van der Waals surface area contributed by atoms with Crippen LogP contribution >= 0.6 is 11.6 Å². The van der Waals surface area contributed by atoms with E-state index in [0.29, 0.717) is 12.8 Å². The van der Waals surface area contributed by atoms with Gasteiger partial charge in [0, 0.05) is 19.3 Å². The van der Waals surface area contributed by atoms with E-state index in [1.54, 1.807) is 7.05 Å². The fourth-order valence-electron chi connectivity index (χ4n) is 3.02. The summed E-state index contributed by atoms with van der Waals surface area (Å²) in [7, 11) is -1.66. The predicted octanol–water partition coefficient (Wildman–Crippen LogP) is 2.91. The molecule has 4 nitrogen and oxygen atoms in total. The first-order valence-electron chi connectivity index (χ1n) is 7.13. The van der Waals surface area contributed by atoms with Crippen molar-refractivity contribution in [2.45, 2.75) is 37.0 Å². The monoisotopic (exact) mass is 347 g/mol. The molecular weight excluding hydrogens is 329 g/mol. The number of rotatable bonds is 3. The predicted molar refractivity (Wildman–Crippen MR) is 84.4 cm³/mol. The Morgan fingerprint density at radius 3 is 2.55 bits per heavy atom. The second-order valence-corrected chi connectivity index (χ2v) is 8.43. The molecule has 1 fully saturated rings. The number of hydrogen-bond acceptors (Lipinski definition) is 3. The van der Waals surface area contributed by atoms with Crippen molar-refractivity contribution in [2.24, 2.45) is 0 Å². The number of hydrogen-bond donors (Lipinski definition) is 0. The van der Waals surface area contributed by atoms with Gasteiger partial charge in [0.1, 0.15) is 5.82 Å². The van der Waals surface area contributed by atoms with Crippen molar-refractivity contribution in [2.75, 3.05) is 13.3 Å². The van der Waals surface area contributed by atoms with Crippen LogP contribution in [0.5, 0.6) is 0 Å². The van der Waals surface area contributed by atoms with Gasteiger partial charge in [-0.25, -0.2) is 12.8 Å². The fraction of sp³-hybridized carbons (Fsp3) is 0.533. The van der Waals surface area contributed by atoms with E-state index >= 15 is 0 Å². The summed E-state index contributed by atoms with van der Waals surface area (Å²) in [6, 6.07) is 3.20. The van der Waals surface area contributed by atoms with E-state index in [4.69, 9.17) is 11.6 Å². The first kappa shape index (κ1) is 17.2. The number of nitrogens with zero attached hydrogens (tertiary/aromatic N) is 1. The molecular formula is C15H19ClFNO3S. The Kier molecular flexibility index (Phi) is 5.12. The summed E-state index contributed by atoms with van der Waals surface area (Å²) in [5.74, 6) is -0.901. The van der Waals surface area contributed by atoms with Crippen molar-refractivity contribution in [1.82, 2.24) is 4.90 Å². The molecule has 1 aliphatic rings. The van der Waals surface area contributed by atoms with Gasteiger partial charge in [-0.15, -0.1) is 0 Å². The summed E-state index contributed by atoms with van der Waals surface area (Å²) in [5, 5.41) is -0.530. The molecule has 0 spiro atoms. The molecule has 1 aromatic carbocycles.